The van der Waals surface area contributed by atoms with Crippen molar-refractivity contribution in [2.24, 2.45) is 0 Å². The van der Waals surface area contributed by atoms with Crippen LogP contribution in [-0.4, -0.2) is 10.2 Å². The Morgan fingerprint density at radius 3 is 2.71 bits per heavy atom. The van der Waals surface area contributed by atoms with Gasteiger partial charge in [-0.25, -0.2) is 0 Å². The minimum absolute atomic E-state index is 0.407. The topological polar surface area (TPSA) is 25.8 Å². The van der Waals surface area contributed by atoms with Crippen molar-refractivity contribution < 1.29 is 0 Å². The normalized spacial score (nSPS) is 10.9. The zero-order valence-corrected chi connectivity index (χ0v) is 12.0. The molecule has 0 bridgehead atoms. The molecule has 1 aromatic heterocycles. The number of hydrogen-bond donors (Lipinski definition) is 0. The van der Waals surface area contributed by atoms with Gasteiger partial charge < -0.3 is 0 Å². The van der Waals surface area contributed by atoms with Crippen LogP contribution in [0.25, 0.3) is 11.1 Å². The lowest BCUT2D eigenvalue weighted by atomic mass is 9.98. The van der Waals surface area contributed by atoms with Crippen molar-refractivity contribution in [3.8, 4) is 11.1 Å². The van der Waals surface area contributed by atoms with Crippen LogP contribution in [0, 0.1) is 0 Å². The smallest absolute Gasteiger partial charge is 0.152 e. The average Bonchev–Trinajstić information content (AvgIpc) is 2.29. The van der Waals surface area contributed by atoms with Crippen LogP contribution in [0.15, 0.2) is 34.9 Å². The van der Waals surface area contributed by atoms with Crippen LogP contribution in [0.5, 0.6) is 0 Å². The van der Waals surface area contributed by atoms with Gasteiger partial charge in [-0.3, -0.25) is 0 Å². The molecule has 0 amide bonds. The maximum absolute atomic E-state index is 5.86. The second-order valence-electron chi connectivity index (χ2n) is 4.13. The van der Waals surface area contributed by atoms with Gasteiger partial charge in [0, 0.05) is 10.0 Å². The second-order valence-corrected chi connectivity index (χ2v) is 5.31. The largest absolute Gasteiger partial charge is 0.157 e. The zero-order valence-electron chi connectivity index (χ0n) is 9.61. The number of nitrogens with zero attached hydrogens (tertiary/aromatic N) is 2. The molecule has 2 aromatic rings. The predicted octanol–water partition coefficient (Wildman–Crippen LogP) is 4.68. The third-order valence-corrected chi connectivity index (χ3v) is 3.66. The standard InChI is InChI=1S/C13H12BrClN2/c1-8(2)10-4-3-5-11(13(10)14)9-6-12(15)17-16-7-9/h3-8H,1-2H3. The number of hydrogen-bond acceptors (Lipinski definition) is 2. The SMILES string of the molecule is CC(C)c1cccc(-c2cnnc(Cl)c2)c1Br. The van der Waals surface area contributed by atoms with E-state index in [-0.39, 0.29) is 0 Å². The Bertz CT molecular complexity index is 541. The van der Waals surface area contributed by atoms with Crippen molar-refractivity contribution in [2.45, 2.75) is 19.8 Å². The number of rotatable bonds is 2. The van der Waals surface area contributed by atoms with Gasteiger partial charge in [-0.2, -0.15) is 5.10 Å². The molecule has 0 radical (unpaired) electrons. The molecule has 1 aromatic carbocycles. The Kier molecular flexibility index (Phi) is 3.79. The van der Waals surface area contributed by atoms with E-state index in [9.17, 15) is 0 Å². The first-order chi connectivity index (χ1) is 8.09. The van der Waals surface area contributed by atoms with E-state index >= 15 is 0 Å². The Hall–Kier alpha value is -0.930. The van der Waals surface area contributed by atoms with E-state index in [1.165, 1.54) is 5.56 Å². The van der Waals surface area contributed by atoms with E-state index in [4.69, 9.17) is 11.6 Å². The molecule has 0 fully saturated rings. The third kappa shape index (κ3) is 2.67. The first kappa shape index (κ1) is 12.5. The molecule has 0 spiro atoms. The van der Waals surface area contributed by atoms with Crippen LogP contribution in [0.3, 0.4) is 0 Å². The van der Waals surface area contributed by atoms with Crippen molar-refractivity contribution in [2.75, 3.05) is 0 Å². The lowest BCUT2D eigenvalue weighted by Crippen LogP contribution is -1.92. The lowest BCUT2D eigenvalue weighted by Gasteiger charge is -2.12. The van der Waals surface area contributed by atoms with Crippen molar-refractivity contribution in [1.29, 1.82) is 0 Å². The predicted molar refractivity (Wildman–Crippen MR) is 74.3 cm³/mol. The van der Waals surface area contributed by atoms with Crippen LogP contribution in [-0.2, 0) is 0 Å². The van der Waals surface area contributed by atoms with Crippen LogP contribution in [0.2, 0.25) is 5.15 Å². The van der Waals surface area contributed by atoms with E-state index in [1.54, 1.807) is 6.20 Å². The molecule has 0 aliphatic carbocycles. The van der Waals surface area contributed by atoms with E-state index in [0.29, 0.717) is 11.1 Å². The summed E-state index contributed by atoms with van der Waals surface area (Å²) in [4.78, 5) is 0. The lowest BCUT2D eigenvalue weighted by molar-refractivity contribution is 0.861. The first-order valence-electron chi connectivity index (χ1n) is 5.36. The highest BCUT2D eigenvalue weighted by molar-refractivity contribution is 9.10. The molecular weight excluding hydrogens is 300 g/mol. The van der Waals surface area contributed by atoms with Gasteiger partial charge >= 0.3 is 0 Å². The molecule has 17 heavy (non-hydrogen) atoms. The van der Waals surface area contributed by atoms with Gasteiger partial charge in [0.05, 0.1) is 6.20 Å². The van der Waals surface area contributed by atoms with Gasteiger partial charge in [0.2, 0.25) is 0 Å². The number of benzene rings is 1. The molecule has 4 heteroatoms. The number of halogens is 2. The summed E-state index contributed by atoms with van der Waals surface area (Å²) in [5.74, 6) is 0.467. The summed E-state index contributed by atoms with van der Waals surface area (Å²) >= 11 is 9.51. The minimum Gasteiger partial charge on any atom is -0.157 e. The summed E-state index contributed by atoms with van der Waals surface area (Å²) < 4.78 is 1.10. The van der Waals surface area contributed by atoms with E-state index in [0.717, 1.165) is 15.6 Å². The molecule has 0 N–H and O–H groups in total. The van der Waals surface area contributed by atoms with Crippen LogP contribution >= 0.6 is 27.5 Å². The molecular formula is C13H12BrClN2. The zero-order chi connectivity index (χ0) is 12.4. The van der Waals surface area contributed by atoms with E-state index in [2.05, 4.69) is 46.0 Å². The molecule has 2 nitrogen and oxygen atoms in total. The van der Waals surface area contributed by atoms with Gasteiger partial charge in [-0.1, -0.05) is 43.6 Å². The highest BCUT2D eigenvalue weighted by Gasteiger charge is 2.10. The van der Waals surface area contributed by atoms with Gasteiger partial charge in [-0.05, 0) is 39.0 Å². The van der Waals surface area contributed by atoms with Gasteiger partial charge in [0.25, 0.3) is 0 Å². The molecule has 1 heterocycles. The maximum Gasteiger partial charge on any atom is 0.152 e. The summed E-state index contributed by atoms with van der Waals surface area (Å²) in [7, 11) is 0. The molecule has 2 rings (SSSR count). The van der Waals surface area contributed by atoms with Crippen LogP contribution in [0.4, 0.5) is 0 Å². The third-order valence-electron chi connectivity index (χ3n) is 2.59. The Balaban J connectivity index is 2.57. The Morgan fingerprint density at radius 1 is 1.29 bits per heavy atom. The summed E-state index contributed by atoms with van der Waals surface area (Å²) in [5, 5.41) is 8.03. The maximum atomic E-state index is 5.86. The summed E-state index contributed by atoms with van der Waals surface area (Å²) in [6.45, 7) is 4.34. The average molecular weight is 312 g/mol. The van der Waals surface area contributed by atoms with Crippen LogP contribution < -0.4 is 0 Å². The monoisotopic (exact) mass is 310 g/mol. The fourth-order valence-corrected chi connectivity index (χ4v) is 2.82. The van der Waals surface area contributed by atoms with Crippen molar-refractivity contribution >= 4 is 27.5 Å². The van der Waals surface area contributed by atoms with Crippen molar-refractivity contribution in [3.63, 3.8) is 0 Å². The van der Waals surface area contributed by atoms with Gasteiger partial charge in [0.1, 0.15) is 0 Å². The fourth-order valence-electron chi connectivity index (χ4n) is 1.71. The second kappa shape index (κ2) is 5.15. The highest BCUT2D eigenvalue weighted by Crippen LogP contribution is 2.34. The van der Waals surface area contributed by atoms with Gasteiger partial charge in [0.15, 0.2) is 5.15 Å². The minimum atomic E-state index is 0.407. The molecule has 0 atom stereocenters. The van der Waals surface area contributed by atoms with Crippen LogP contribution in [0.1, 0.15) is 25.3 Å². The number of aromatic nitrogens is 2. The molecule has 0 saturated carbocycles. The fraction of sp³-hybridized carbons (Fsp3) is 0.231. The van der Waals surface area contributed by atoms with Crippen molar-refractivity contribution in [3.05, 3.63) is 45.7 Å². The summed E-state index contributed by atoms with van der Waals surface area (Å²) in [6.07, 6.45) is 1.72. The molecule has 0 unspecified atom stereocenters. The first-order valence-corrected chi connectivity index (χ1v) is 6.53. The Morgan fingerprint density at radius 2 is 2.06 bits per heavy atom. The molecule has 88 valence electrons. The quantitative estimate of drug-likeness (QED) is 0.804. The summed E-state index contributed by atoms with van der Waals surface area (Å²) in [6, 6.07) is 8.03. The molecule has 0 aliphatic heterocycles. The van der Waals surface area contributed by atoms with E-state index < -0.39 is 0 Å². The molecule has 0 saturated heterocycles. The van der Waals surface area contributed by atoms with E-state index in [1.807, 2.05) is 18.2 Å². The summed E-state index contributed by atoms with van der Waals surface area (Å²) in [5.41, 5.74) is 3.34. The van der Waals surface area contributed by atoms with Gasteiger partial charge in [-0.15, -0.1) is 5.10 Å². The van der Waals surface area contributed by atoms with Crippen molar-refractivity contribution in [1.82, 2.24) is 10.2 Å². The highest BCUT2D eigenvalue weighted by atomic mass is 79.9. The Labute approximate surface area is 114 Å². The molecule has 0 aliphatic rings.